The van der Waals surface area contributed by atoms with Crippen molar-refractivity contribution in [1.29, 1.82) is 0 Å². The molecule has 0 aliphatic rings. The molecule has 0 saturated carbocycles. The molecule has 0 aliphatic heterocycles. The Kier molecular flexibility index (Phi) is 13.6. The van der Waals surface area contributed by atoms with E-state index in [2.05, 4.69) is 5.32 Å². The second kappa shape index (κ2) is 14.6. The third-order valence-corrected chi connectivity index (χ3v) is 3.58. The largest absolute Gasteiger partial charge is 0.481 e. The maximum Gasteiger partial charge on any atom is 0.304 e. The second-order valence-corrected chi connectivity index (χ2v) is 5.65. The van der Waals surface area contributed by atoms with Crippen molar-refractivity contribution in [2.75, 3.05) is 58.9 Å². The lowest BCUT2D eigenvalue weighted by molar-refractivity contribution is -0.139. The highest BCUT2D eigenvalue weighted by atomic mass is 16.4. The van der Waals surface area contributed by atoms with Crippen LogP contribution in [0.1, 0.15) is 19.3 Å². The molecule has 146 valence electrons. The van der Waals surface area contributed by atoms with Crippen LogP contribution in [0.25, 0.3) is 0 Å². The summed E-state index contributed by atoms with van der Waals surface area (Å²) < 4.78 is 0. The van der Waals surface area contributed by atoms with Crippen LogP contribution in [0.2, 0.25) is 0 Å². The summed E-state index contributed by atoms with van der Waals surface area (Å²) in [4.78, 5) is 36.0. The van der Waals surface area contributed by atoms with Crippen LogP contribution in [-0.4, -0.2) is 102 Å². The molecular formula is C15H30N4O6. The summed E-state index contributed by atoms with van der Waals surface area (Å²) in [6, 6.07) is 0. The zero-order valence-corrected chi connectivity index (χ0v) is 14.5. The molecule has 0 saturated heterocycles. The van der Waals surface area contributed by atoms with Gasteiger partial charge in [-0.15, -0.1) is 0 Å². The third-order valence-electron chi connectivity index (χ3n) is 3.58. The Hall–Kier alpha value is -1.75. The first-order valence-corrected chi connectivity index (χ1v) is 8.36. The highest BCUT2D eigenvalue weighted by Crippen LogP contribution is 1.99. The molecule has 0 aromatic heterocycles. The maximum atomic E-state index is 10.8. The number of nitrogens with zero attached hydrogens (tertiary/aromatic N) is 2. The zero-order valence-electron chi connectivity index (χ0n) is 14.5. The lowest BCUT2D eigenvalue weighted by atomic mass is 10.3. The first-order valence-electron chi connectivity index (χ1n) is 8.36. The van der Waals surface area contributed by atoms with Crippen molar-refractivity contribution in [3.63, 3.8) is 0 Å². The molecular weight excluding hydrogens is 332 g/mol. The summed E-state index contributed by atoms with van der Waals surface area (Å²) in [5.41, 5.74) is 5.40. The van der Waals surface area contributed by atoms with Crippen molar-refractivity contribution in [3.8, 4) is 0 Å². The highest BCUT2D eigenvalue weighted by Gasteiger charge is 2.13. The van der Waals surface area contributed by atoms with E-state index in [1.54, 1.807) is 4.90 Å². The van der Waals surface area contributed by atoms with Gasteiger partial charge in [0.05, 0.1) is 19.3 Å². The van der Waals surface area contributed by atoms with E-state index < -0.39 is 17.9 Å². The molecule has 0 amide bonds. The van der Waals surface area contributed by atoms with Crippen molar-refractivity contribution < 1.29 is 29.7 Å². The Balaban J connectivity index is 4.45. The summed E-state index contributed by atoms with van der Waals surface area (Å²) in [6.07, 6.45) is -0.110. The molecule has 0 bridgehead atoms. The summed E-state index contributed by atoms with van der Waals surface area (Å²) in [5, 5.41) is 29.6. The summed E-state index contributed by atoms with van der Waals surface area (Å²) in [6.45, 7) is 4.43. The Morgan fingerprint density at radius 3 is 1.44 bits per heavy atom. The Bertz CT molecular complexity index is 389. The first-order chi connectivity index (χ1) is 11.8. The molecule has 0 rings (SSSR count). The van der Waals surface area contributed by atoms with Gasteiger partial charge in [-0.1, -0.05) is 0 Å². The number of carboxylic acids is 3. The van der Waals surface area contributed by atoms with Gasteiger partial charge in [0, 0.05) is 58.9 Å². The summed E-state index contributed by atoms with van der Waals surface area (Å²) in [7, 11) is 0. The number of aliphatic carboxylic acids is 3. The van der Waals surface area contributed by atoms with Crippen molar-refractivity contribution in [2.45, 2.75) is 19.3 Å². The SMILES string of the molecule is NCCNCCN(CCC(=O)O)CCN(CCC(=O)O)CCC(=O)O. The molecule has 0 atom stereocenters. The summed E-state index contributed by atoms with van der Waals surface area (Å²) in [5.74, 6) is -2.75. The van der Waals surface area contributed by atoms with Crippen LogP contribution in [0.3, 0.4) is 0 Å². The topological polar surface area (TPSA) is 156 Å². The van der Waals surface area contributed by atoms with Crippen LogP contribution in [0.4, 0.5) is 0 Å². The van der Waals surface area contributed by atoms with Gasteiger partial charge in [-0.2, -0.15) is 0 Å². The van der Waals surface area contributed by atoms with E-state index in [0.29, 0.717) is 45.8 Å². The fraction of sp³-hybridized carbons (Fsp3) is 0.800. The van der Waals surface area contributed by atoms with E-state index in [1.807, 2.05) is 4.90 Å². The first kappa shape index (κ1) is 23.2. The fourth-order valence-corrected chi connectivity index (χ4v) is 2.18. The molecule has 10 nitrogen and oxygen atoms in total. The van der Waals surface area contributed by atoms with Crippen molar-refractivity contribution in [2.24, 2.45) is 5.73 Å². The predicted octanol–water partition coefficient (Wildman–Crippen LogP) is -1.44. The minimum atomic E-state index is -0.936. The Morgan fingerprint density at radius 1 is 0.680 bits per heavy atom. The number of hydrogen-bond donors (Lipinski definition) is 5. The lowest BCUT2D eigenvalue weighted by Crippen LogP contribution is -2.41. The van der Waals surface area contributed by atoms with Gasteiger partial charge in [-0.25, -0.2) is 0 Å². The van der Waals surface area contributed by atoms with Crippen molar-refractivity contribution >= 4 is 17.9 Å². The van der Waals surface area contributed by atoms with Gasteiger partial charge in [0.15, 0.2) is 0 Å². The fourth-order valence-electron chi connectivity index (χ4n) is 2.18. The molecule has 0 heterocycles. The van der Waals surface area contributed by atoms with E-state index in [1.165, 1.54) is 0 Å². The molecule has 6 N–H and O–H groups in total. The van der Waals surface area contributed by atoms with Crippen LogP contribution in [-0.2, 0) is 14.4 Å². The quantitative estimate of drug-likeness (QED) is 0.194. The monoisotopic (exact) mass is 362 g/mol. The number of carbonyl (C=O) groups is 3. The average Bonchev–Trinajstić information content (AvgIpc) is 2.54. The molecule has 0 radical (unpaired) electrons. The number of rotatable bonds is 17. The third kappa shape index (κ3) is 15.5. The van der Waals surface area contributed by atoms with Crippen LogP contribution >= 0.6 is 0 Å². The number of nitrogens with two attached hydrogens (primary N) is 1. The van der Waals surface area contributed by atoms with Gasteiger partial charge >= 0.3 is 17.9 Å². The number of carboxylic acid groups (broad SMARTS) is 3. The van der Waals surface area contributed by atoms with Gasteiger partial charge in [-0.05, 0) is 0 Å². The van der Waals surface area contributed by atoms with Crippen LogP contribution < -0.4 is 11.1 Å². The van der Waals surface area contributed by atoms with E-state index >= 15 is 0 Å². The molecule has 0 unspecified atom stereocenters. The van der Waals surface area contributed by atoms with Crippen LogP contribution in [0, 0.1) is 0 Å². The predicted molar refractivity (Wildman–Crippen MR) is 91.6 cm³/mol. The number of nitrogens with one attached hydrogen (secondary N) is 1. The minimum Gasteiger partial charge on any atom is -0.481 e. The van der Waals surface area contributed by atoms with Gasteiger partial charge in [0.2, 0.25) is 0 Å². The van der Waals surface area contributed by atoms with Gasteiger partial charge in [0.25, 0.3) is 0 Å². The minimum absolute atomic E-state index is 0.0150. The average molecular weight is 362 g/mol. The lowest BCUT2D eigenvalue weighted by Gasteiger charge is -2.27. The Morgan fingerprint density at radius 2 is 1.08 bits per heavy atom. The molecule has 25 heavy (non-hydrogen) atoms. The van der Waals surface area contributed by atoms with E-state index in [9.17, 15) is 14.4 Å². The summed E-state index contributed by atoms with van der Waals surface area (Å²) >= 11 is 0. The normalized spacial score (nSPS) is 11.2. The van der Waals surface area contributed by atoms with Gasteiger partial charge < -0.3 is 36.2 Å². The van der Waals surface area contributed by atoms with Crippen LogP contribution in [0.15, 0.2) is 0 Å². The molecule has 0 aromatic rings. The van der Waals surface area contributed by atoms with E-state index in [4.69, 9.17) is 21.1 Å². The van der Waals surface area contributed by atoms with E-state index in [0.717, 1.165) is 0 Å². The molecule has 0 aliphatic carbocycles. The molecule has 0 spiro atoms. The zero-order chi connectivity index (χ0) is 19.1. The second-order valence-electron chi connectivity index (χ2n) is 5.65. The Labute approximate surface area is 147 Å². The highest BCUT2D eigenvalue weighted by molar-refractivity contribution is 5.67. The van der Waals surface area contributed by atoms with Crippen molar-refractivity contribution in [1.82, 2.24) is 15.1 Å². The van der Waals surface area contributed by atoms with Gasteiger partial charge in [0.1, 0.15) is 0 Å². The smallest absolute Gasteiger partial charge is 0.304 e. The maximum absolute atomic E-state index is 10.8. The van der Waals surface area contributed by atoms with E-state index in [-0.39, 0.29) is 32.4 Å². The van der Waals surface area contributed by atoms with Crippen LogP contribution in [0.5, 0.6) is 0 Å². The molecule has 0 aromatic carbocycles. The molecule has 0 fully saturated rings. The molecule has 10 heteroatoms. The number of hydrogen-bond acceptors (Lipinski definition) is 7. The van der Waals surface area contributed by atoms with Crippen molar-refractivity contribution in [3.05, 3.63) is 0 Å². The standard InChI is InChI=1S/C15H30N4O6/c16-4-5-17-6-10-19(9-3-15(24)25)12-11-18(7-1-13(20)21)8-2-14(22)23/h17H,1-12,16H2,(H,20,21)(H,22,23)(H,24,25). The van der Waals surface area contributed by atoms with Gasteiger partial charge in [-0.3, -0.25) is 14.4 Å².